The van der Waals surface area contributed by atoms with Crippen molar-refractivity contribution in [1.29, 1.82) is 0 Å². The van der Waals surface area contributed by atoms with E-state index >= 15 is 0 Å². The minimum Gasteiger partial charge on any atom is -0.381 e. The lowest BCUT2D eigenvalue weighted by molar-refractivity contribution is 0.297. The zero-order valence-corrected chi connectivity index (χ0v) is 14.1. The van der Waals surface area contributed by atoms with Crippen LogP contribution in [-0.2, 0) is 4.57 Å². The summed E-state index contributed by atoms with van der Waals surface area (Å²) in [6.45, 7) is 0. The second-order valence-electron chi connectivity index (χ2n) is 5.51. The van der Waals surface area contributed by atoms with Crippen molar-refractivity contribution in [3.05, 3.63) is 103 Å². The molecule has 0 aliphatic rings. The van der Waals surface area contributed by atoms with Crippen LogP contribution in [-0.4, -0.2) is 11.0 Å². The van der Waals surface area contributed by atoms with Crippen molar-refractivity contribution in [1.82, 2.24) is 0 Å². The molecule has 3 aromatic rings. The summed E-state index contributed by atoms with van der Waals surface area (Å²) in [5, 5.41) is 12.1. The molecule has 0 saturated heterocycles. The predicted molar refractivity (Wildman–Crippen MR) is 101 cm³/mol. The summed E-state index contributed by atoms with van der Waals surface area (Å²) in [6, 6.07) is 28.1. The molecule has 0 bridgehead atoms. The smallest absolute Gasteiger partial charge is 0.174 e. The van der Waals surface area contributed by atoms with Gasteiger partial charge in [0.05, 0.1) is 0 Å². The molecule has 1 atom stereocenters. The van der Waals surface area contributed by atoms with Crippen LogP contribution >= 0.6 is 7.14 Å². The van der Waals surface area contributed by atoms with Gasteiger partial charge in [0.25, 0.3) is 0 Å². The van der Waals surface area contributed by atoms with Gasteiger partial charge in [-0.1, -0.05) is 97.1 Å². The van der Waals surface area contributed by atoms with Crippen LogP contribution in [0.1, 0.15) is 5.56 Å². The minimum atomic E-state index is -3.18. The van der Waals surface area contributed by atoms with E-state index in [1.165, 1.54) is 0 Å². The summed E-state index contributed by atoms with van der Waals surface area (Å²) in [7, 11) is -3.18. The molecule has 0 aliphatic heterocycles. The quantitative estimate of drug-likeness (QED) is 0.715. The SMILES string of the molecule is O=P(c1ccccc1)(c1ccccc1)[C@@H](O)/C=C/c1ccccc1. The molecule has 120 valence electrons. The van der Waals surface area contributed by atoms with E-state index in [2.05, 4.69) is 0 Å². The molecule has 2 nitrogen and oxygen atoms in total. The molecule has 24 heavy (non-hydrogen) atoms. The van der Waals surface area contributed by atoms with Crippen LogP contribution < -0.4 is 10.6 Å². The first-order valence-electron chi connectivity index (χ1n) is 7.83. The average Bonchev–Trinajstić information content (AvgIpc) is 2.67. The summed E-state index contributed by atoms with van der Waals surface area (Å²) in [4.78, 5) is 0. The van der Waals surface area contributed by atoms with Gasteiger partial charge >= 0.3 is 0 Å². The zero-order chi connectivity index (χ0) is 16.8. The van der Waals surface area contributed by atoms with Gasteiger partial charge < -0.3 is 9.67 Å². The van der Waals surface area contributed by atoms with Crippen molar-refractivity contribution < 1.29 is 9.67 Å². The monoisotopic (exact) mass is 334 g/mol. The van der Waals surface area contributed by atoms with E-state index in [9.17, 15) is 9.67 Å². The van der Waals surface area contributed by atoms with E-state index in [1.54, 1.807) is 6.08 Å². The highest BCUT2D eigenvalue weighted by Crippen LogP contribution is 2.48. The Labute approximate surface area is 142 Å². The lowest BCUT2D eigenvalue weighted by Gasteiger charge is -2.22. The van der Waals surface area contributed by atoms with E-state index in [-0.39, 0.29) is 0 Å². The Kier molecular flexibility index (Phi) is 5.10. The number of rotatable bonds is 5. The highest BCUT2D eigenvalue weighted by atomic mass is 31.2. The topological polar surface area (TPSA) is 37.3 Å². The summed E-state index contributed by atoms with van der Waals surface area (Å²) >= 11 is 0. The van der Waals surface area contributed by atoms with Gasteiger partial charge in [0, 0.05) is 10.6 Å². The minimum absolute atomic E-state index is 0.654. The van der Waals surface area contributed by atoms with Gasteiger partial charge in [0.1, 0.15) is 5.85 Å². The molecule has 0 amide bonds. The molecule has 1 N–H and O–H groups in total. The van der Waals surface area contributed by atoms with Gasteiger partial charge in [0.15, 0.2) is 7.14 Å². The normalized spacial score (nSPS) is 13.0. The second-order valence-corrected chi connectivity index (χ2v) is 8.39. The standard InChI is InChI=1S/C21H19O2P/c22-21(17-16-18-10-4-1-5-11-18)24(23,19-12-6-2-7-13-19)20-14-8-3-9-15-20/h1-17,21-22H/b17-16+/t21-/m1/s1. The predicted octanol–water partition coefficient (Wildman–Crippen LogP) is 4.03. The van der Waals surface area contributed by atoms with Crippen LogP contribution in [0.3, 0.4) is 0 Å². The molecule has 0 unspecified atom stereocenters. The van der Waals surface area contributed by atoms with E-state index in [4.69, 9.17) is 0 Å². The molecule has 0 heterocycles. The highest BCUT2D eigenvalue weighted by Gasteiger charge is 2.33. The fourth-order valence-corrected chi connectivity index (χ4v) is 5.10. The van der Waals surface area contributed by atoms with Gasteiger partial charge in [-0.25, -0.2) is 0 Å². The molecule has 3 heteroatoms. The molecule has 0 aromatic heterocycles. The van der Waals surface area contributed by atoms with Crippen LogP contribution in [0.2, 0.25) is 0 Å². The maximum atomic E-state index is 13.8. The third-order valence-electron chi connectivity index (χ3n) is 3.91. The van der Waals surface area contributed by atoms with E-state index in [1.807, 2.05) is 97.1 Å². The highest BCUT2D eigenvalue weighted by molar-refractivity contribution is 7.79. The largest absolute Gasteiger partial charge is 0.381 e. The average molecular weight is 334 g/mol. The van der Waals surface area contributed by atoms with Gasteiger partial charge in [-0.05, 0) is 11.6 Å². The fourth-order valence-electron chi connectivity index (χ4n) is 2.64. The van der Waals surface area contributed by atoms with Crippen LogP contribution in [0, 0.1) is 0 Å². The summed E-state index contributed by atoms with van der Waals surface area (Å²) in [6.07, 6.45) is 3.43. The fraction of sp³-hybridized carbons (Fsp3) is 0.0476. The number of aliphatic hydroxyl groups is 1. The molecule has 0 fully saturated rings. The number of aliphatic hydroxyl groups excluding tert-OH is 1. The van der Waals surface area contributed by atoms with Gasteiger partial charge in [-0.3, -0.25) is 0 Å². The van der Waals surface area contributed by atoms with Crippen LogP contribution in [0.4, 0.5) is 0 Å². The van der Waals surface area contributed by atoms with Crippen molar-refractivity contribution in [2.24, 2.45) is 0 Å². The first kappa shape index (κ1) is 16.4. The Morgan fingerprint density at radius 3 is 1.58 bits per heavy atom. The van der Waals surface area contributed by atoms with E-state index in [0.717, 1.165) is 5.56 Å². The van der Waals surface area contributed by atoms with E-state index < -0.39 is 13.0 Å². The Balaban J connectivity index is 2.02. The third-order valence-corrected chi connectivity index (χ3v) is 6.96. The summed E-state index contributed by atoms with van der Waals surface area (Å²) < 4.78 is 13.8. The molecule has 0 radical (unpaired) electrons. The van der Waals surface area contributed by atoms with Gasteiger partial charge in [0.2, 0.25) is 0 Å². The van der Waals surface area contributed by atoms with Gasteiger partial charge in [-0.2, -0.15) is 0 Å². The maximum Gasteiger partial charge on any atom is 0.174 e. The molecule has 0 saturated carbocycles. The number of benzene rings is 3. The lowest BCUT2D eigenvalue weighted by Crippen LogP contribution is -2.24. The van der Waals surface area contributed by atoms with E-state index in [0.29, 0.717) is 10.6 Å². The third kappa shape index (κ3) is 3.41. The van der Waals surface area contributed by atoms with Crippen molar-refractivity contribution in [2.75, 3.05) is 0 Å². The van der Waals surface area contributed by atoms with Crippen LogP contribution in [0.5, 0.6) is 0 Å². The summed E-state index contributed by atoms with van der Waals surface area (Å²) in [5.41, 5.74) is 0.962. The van der Waals surface area contributed by atoms with Crippen molar-refractivity contribution in [3.63, 3.8) is 0 Å². The van der Waals surface area contributed by atoms with Gasteiger partial charge in [-0.15, -0.1) is 0 Å². The number of hydrogen-bond acceptors (Lipinski definition) is 2. The maximum absolute atomic E-state index is 13.8. The second kappa shape index (κ2) is 7.44. The first-order chi connectivity index (χ1) is 11.7. The number of hydrogen-bond donors (Lipinski definition) is 1. The molecule has 0 aliphatic carbocycles. The summed E-state index contributed by atoms with van der Waals surface area (Å²) in [5.74, 6) is -1.08. The molecular weight excluding hydrogens is 315 g/mol. The van der Waals surface area contributed by atoms with Crippen molar-refractivity contribution in [3.8, 4) is 0 Å². The Bertz CT molecular complexity index is 799. The molecular formula is C21H19O2P. The Morgan fingerprint density at radius 1 is 0.708 bits per heavy atom. The van der Waals surface area contributed by atoms with Crippen LogP contribution in [0.25, 0.3) is 6.08 Å². The Morgan fingerprint density at radius 2 is 1.12 bits per heavy atom. The molecule has 3 aromatic carbocycles. The zero-order valence-electron chi connectivity index (χ0n) is 13.2. The Hall–Kier alpha value is -2.41. The van der Waals surface area contributed by atoms with Crippen molar-refractivity contribution in [2.45, 2.75) is 5.85 Å². The first-order valence-corrected chi connectivity index (χ1v) is 9.61. The lowest BCUT2D eigenvalue weighted by atomic mass is 10.2. The molecule has 3 rings (SSSR count). The van der Waals surface area contributed by atoms with Crippen LogP contribution in [0.15, 0.2) is 97.1 Å². The molecule has 0 spiro atoms. The van der Waals surface area contributed by atoms with Crippen molar-refractivity contribution >= 4 is 23.8 Å².